The molecule has 1 amide bonds. The molecular formula is C28H32N2O4. The first-order valence-corrected chi connectivity index (χ1v) is 12.1. The molecule has 3 heterocycles. The zero-order chi connectivity index (χ0) is 23.4. The van der Waals surface area contributed by atoms with Gasteiger partial charge in [0.2, 0.25) is 5.91 Å². The number of nitrogens with zero attached hydrogens (tertiary/aromatic N) is 2. The second kappa shape index (κ2) is 10.1. The first-order valence-electron chi connectivity index (χ1n) is 12.1. The van der Waals surface area contributed by atoms with Crippen molar-refractivity contribution < 1.29 is 19.0 Å². The molecule has 178 valence electrons. The van der Waals surface area contributed by atoms with Gasteiger partial charge in [-0.25, -0.2) is 0 Å². The van der Waals surface area contributed by atoms with Crippen LogP contribution < -0.4 is 4.74 Å². The van der Waals surface area contributed by atoms with Gasteiger partial charge in [-0.3, -0.25) is 9.78 Å². The average molecular weight is 461 g/mol. The van der Waals surface area contributed by atoms with E-state index in [-0.39, 0.29) is 11.8 Å². The highest BCUT2D eigenvalue weighted by Gasteiger charge is 2.44. The van der Waals surface area contributed by atoms with E-state index < -0.39 is 5.41 Å². The number of methoxy groups -OCH3 is 1. The van der Waals surface area contributed by atoms with Crippen molar-refractivity contribution >= 4 is 16.8 Å². The van der Waals surface area contributed by atoms with E-state index >= 15 is 0 Å². The SMILES string of the molecule is COc1ccc(C2(C(=O)N3CCOC[C@@H](Cc4ccc5ncccc5c4)C3)CCOCC2)cc1. The summed E-state index contributed by atoms with van der Waals surface area (Å²) in [7, 11) is 1.66. The number of pyridine rings is 1. The summed E-state index contributed by atoms with van der Waals surface area (Å²) in [5.74, 6) is 1.24. The van der Waals surface area contributed by atoms with E-state index in [9.17, 15) is 4.79 Å². The molecule has 2 saturated heterocycles. The molecule has 0 bridgehead atoms. The summed E-state index contributed by atoms with van der Waals surface area (Å²) in [5, 5.41) is 1.14. The fourth-order valence-electron chi connectivity index (χ4n) is 5.33. The van der Waals surface area contributed by atoms with Gasteiger partial charge in [-0.1, -0.05) is 24.3 Å². The van der Waals surface area contributed by atoms with Crippen molar-refractivity contribution in [3.8, 4) is 5.75 Å². The Hall–Kier alpha value is -2.96. The molecule has 2 aliphatic rings. The Morgan fingerprint density at radius 2 is 1.91 bits per heavy atom. The Labute approximate surface area is 200 Å². The van der Waals surface area contributed by atoms with Crippen molar-refractivity contribution in [2.24, 2.45) is 5.92 Å². The number of aromatic nitrogens is 1. The van der Waals surface area contributed by atoms with E-state index in [0.29, 0.717) is 52.4 Å². The number of hydrogen-bond acceptors (Lipinski definition) is 5. The summed E-state index contributed by atoms with van der Waals surface area (Å²) < 4.78 is 17.0. The highest BCUT2D eigenvalue weighted by atomic mass is 16.5. The summed E-state index contributed by atoms with van der Waals surface area (Å²) in [6.07, 6.45) is 4.07. The topological polar surface area (TPSA) is 60.9 Å². The maximum atomic E-state index is 14.1. The zero-order valence-electron chi connectivity index (χ0n) is 19.7. The Kier molecular flexibility index (Phi) is 6.79. The number of hydrogen-bond donors (Lipinski definition) is 0. The summed E-state index contributed by atoms with van der Waals surface area (Å²) in [4.78, 5) is 20.6. The lowest BCUT2D eigenvalue weighted by molar-refractivity contribution is -0.141. The van der Waals surface area contributed by atoms with E-state index in [4.69, 9.17) is 14.2 Å². The standard InChI is InChI=1S/C28H32N2O4/c1-32-25-7-5-24(6-8-25)28(10-14-33-15-11-28)27(31)30-13-16-34-20-22(19-30)17-21-4-9-26-23(18-21)3-2-12-29-26/h2-9,12,18,22H,10-11,13-17,19-20H2,1H3/t22-/m0/s1. The van der Waals surface area contributed by atoms with Gasteiger partial charge in [-0.15, -0.1) is 0 Å². The molecule has 6 heteroatoms. The van der Waals surface area contributed by atoms with Crippen molar-refractivity contribution in [1.29, 1.82) is 0 Å². The Morgan fingerprint density at radius 1 is 1.09 bits per heavy atom. The lowest BCUT2D eigenvalue weighted by Gasteiger charge is -2.40. The molecule has 2 aromatic carbocycles. The number of ether oxygens (including phenoxy) is 3. The molecule has 1 aromatic heterocycles. The summed E-state index contributed by atoms with van der Waals surface area (Å²) in [5.41, 5.74) is 2.74. The predicted octanol–water partition coefficient (Wildman–Crippen LogP) is 4.01. The molecule has 0 radical (unpaired) electrons. The van der Waals surface area contributed by atoms with E-state index in [1.54, 1.807) is 7.11 Å². The highest BCUT2D eigenvalue weighted by molar-refractivity contribution is 5.88. The van der Waals surface area contributed by atoms with Crippen LogP contribution in [0.25, 0.3) is 10.9 Å². The largest absolute Gasteiger partial charge is 0.497 e. The van der Waals surface area contributed by atoms with Crippen LogP contribution in [0.5, 0.6) is 5.75 Å². The van der Waals surface area contributed by atoms with Crippen molar-refractivity contribution in [2.45, 2.75) is 24.7 Å². The number of carbonyl (C=O) groups is 1. The number of benzene rings is 2. The molecule has 0 saturated carbocycles. The second-order valence-electron chi connectivity index (χ2n) is 9.35. The molecule has 0 spiro atoms. The van der Waals surface area contributed by atoms with Crippen molar-refractivity contribution in [1.82, 2.24) is 9.88 Å². The Balaban J connectivity index is 1.37. The minimum Gasteiger partial charge on any atom is -0.497 e. The van der Waals surface area contributed by atoms with Crippen molar-refractivity contribution in [2.75, 3.05) is 46.6 Å². The Morgan fingerprint density at radius 3 is 2.71 bits per heavy atom. The van der Waals surface area contributed by atoms with Gasteiger partial charge in [-0.05, 0) is 60.7 Å². The van der Waals surface area contributed by atoms with E-state index in [1.165, 1.54) is 5.56 Å². The molecule has 2 fully saturated rings. The van der Waals surface area contributed by atoms with Gasteiger partial charge in [0.15, 0.2) is 0 Å². The van der Waals surface area contributed by atoms with Crippen LogP contribution in [0.1, 0.15) is 24.0 Å². The van der Waals surface area contributed by atoms with E-state index in [2.05, 4.69) is 29.2 Å². The summed E-state index contributed by atoms with van der Waals surface area (Å²) in [6, 6.07) is 18.5. The smallest absolute Gasteiger partial charge is 0.233 e. The summed E-state index contributed by atoms with van der Waals surface area (Å²) >= 11 is 0. The van der Waals surface area contributed by atoms with Gasteiger partial charge < -0.3 is 19.1 Å². The lowest BCUT2D eigenvalue weighted by atomic mass is 9.72. The van der Waals surface area contributed by atoms with Crippen LogP contribution in [0.4, 0.5) is 0 Å². The monoisotopic (exact) mass is 460 g/mol. The van der Waals surface area contributed by atoms with Crippen LogP contribution >= 0.6 is 0 Å². The molecule has 6 nitrogen and oxygen atoms in total. The first kappa shape index (κ1) is 22.8. The molecule has 0 aliphatic carbocycles. The molecule has 0 unspecified atom stereocenters. The van der Waals surface area contributed by atoms with Crippen molar-refractivity contribution in [3.05, 3.63) is 71.9 Å². The maximum absolute atomic E-state index is 14.1. The number of carbonyl (C=O) groups excluding carboxylic acids is 1. The van der Waals surface area contributed by atoms with E-state index in [0.717, 1.165) is 28.6 Å². The van der Waals surface area contributed by atoms with Gasteiger partial charge in [0.1, 0.15) is 5.75 Å². The third-order valence-corrected chi connectivity index (χ3v) is 7.22. The van der Waals surface area contributed by atoms with Crippen LogP contribution in [-0.4, -0.2) is 62.4 Å². The summed E-state index contributed by atoms with van der Waals surface area (Å²) in [6.45, 7) is 3.73. The van der Waals surface area contributed by atoms with Gasteiger partial charge in [0.25, 0.3) is 0 Å². The van der Waals surface area contributed by atoms with Gasteiger partial charge in [0.05, 0.1) is 31.3 Å². The molecule has 2 aliphatic heterocycles. The molecule has 5 rings (SSSR count). The zero-order valence-corrected chi connectivity index (χ0v) is 19.7. The van der Waals surface area contributed by atoms with Gasteiger partial charge >= 0.3 is 0 Å². The molecule has 3 aromatic rings. The number of fused-ring (bicyclic) bond motifs is 1. The van der Waals surface area contributed by atoms with Crippen LogP contribution in [0, 0.1) is 5.92 Å². The predicted molar refractivity (Wildman–Crippen MR) is 131 cm³/mol. The quantitative estimate of drug-likeness (QED) is 0.576. The third-order valence-electron chi connectivity index (χ3n) is 7.22. The molecule has 34 heavy (non-hydrogen) atoms. The van der Waals surface area contributed by atoms with Crippen LogP contribution in [-0.2, 0) is 26.1 Å². The number of amides is 1. The second-order valence-corrected chi connectivity index (χ2v) is 9.35. The number of rotatable bonds is 5. The average Bonchev–Trinajstić information content (AvgIpc) is 3.14. The maximum Gasteiger partial charge on any atom is 0.233 e. The van der Waals surface area contributed by atoms with Crippen molar-refractivity contribution in [3.63, 3.8) is 0 Å². The molecule has 0 N–H and O–H groups in total. The third kappa shape index (κ3) is 4.65. The fourth-order valence-corrected chi connectivity index (χ4v) is 5.33. The van der Waals surface area contributed by atoms with E-state index in [1.807, 2.05) is 41.4 Å². The van der Waals surface area contributed by atoms with Crippen LogP contribution in [0.15, 0.2) is 60.8 Å². The molecular weight excluding hydrogens is 428 g/mol. The lowest BCUT2D eigenvalue weighted by Crippen LogP contribution is -2.51. The normalized spacial score (nSPS) is 20.6. The first-order chi connectivity index (χ1) is 16.7. The van der Waals surface area contributed by atoms with Gasteiger partial charge in [-0.2, -0.15) is 0 Å². The van der Waals surface area contributed by atoms with Gasteiger partial charge in [0, 0.05) is 43.8 Å². The Bertz CT molecular complexity index is 1120. The van der Waals surface area contributed by atoms with Crippen LogP contribution in [0.2, 0.25) is 0 Å². The minimum atomic E-state index is -0.561. The molecule has 1 atom stereocenters. The van der Waals surface area contributed by atoms with Crippen LogP contribution in [0.3, 0.4) is 0 Å². The fraction of sp³-hybridized carbons (Fsp3) is 0.429. The minimum absolute atomic E-state index is 0.194. The highest BCUT2D eigenvalue weighted by Crippen LogP contribution is 2.38.